The highest BCUT2D eigenvalue weighted by Gasteiger charge is 2.24. The van der Waals surface area contributed by atoms with Crippen LogP contribution in [0.1, 0.15) is 2.74 Å². The molecule has 0 N–H and O–H groups in total. The first-order valence-corrected chi connectivity index (χ1v) is 19.8. The van der Waals surface area contributed by atoms with Gasteiger partial charge in [0.05, 0.1) is 35.8 Å². The van der Waals surface area contributed by atoms with Gasteiger partial charge in [0.1, 0.15) is 0 Å². The third kappa shape index (κ3) is 4.29. The Labute approximate surface area is 336 Å². The van der Waals surface area contributed by atoms with E-state index in [-0.39, 0.29) is 0 Å². The first-order chi connectivity index (χ1) is 29.6. The summed E-state index contributed by atoms with van der Waals surface area (Å²) in [7, 11) is 0. The third-order valence-corrected chi connectivity index (χ3v) is 12.2. The van der Waals surface area contributed by atoms with E-state index in [1.54, 1.807) is 0 Å². The molecule has 0 saturated heterocycles. The molecular formula is C54H34N4. The van der Waals surface area contributed by atoms with Crippen LogP contribution in [0, 0.1) is 0 Å². The number of benzene rings is 9. The number of para-hydroxylation sites is 6. The van der Waals surface area contributed by atoms with Gasteiger partial charge in [0.2, 0.25) is 0 Å². The molecule has 0 aliphatic heterocycles. The lowest BCUT2D eigenvalue weighted by Gasteiger charge is -2.25. The Morgan fingerprint density at radius 3 is 1.02 bits per heavy atom. The molecule has 0 atom stereocenters. The molecule has 0 aliphatic carbocycles. The maximum absolute atomic E-state index is 8.17. The van der Waals surface area contributed by atoms with Crippen LogP contribution in [-0.2, 0) is 0 Å². The second kappa shape index (κ2) is 11.8. The highest BCUT2D eigenvalue weighted by Crippen LogP contribution is 2.47. The van der Waals surface area contributed by atoms with E-state index in [4.69, 9.17) is 2.74 Å². The van der Waals surface area contributed by atoms with Crippen molar-refractivity contribution in [1.82, 2.24) is 8.80 Å². The fourth-order valence-corrected chi connectivity index (χ4v) is 9.80. The van der Waals surface area contributed by atoms with Crippen molar-refractivity contribution in [2.24, 2.45) is 0 Å². The van der Waals surface area contributed by atoms with E-state index in [0.717, 1.165) is 45.2 Å². The first-order valence-electron chi connectivity index (χ1n) is 20.8. The molecule has 0 amide bonds. The lowest BCUT2D eigenvalue weighted by molar-refractivity contribution is 1.28. The van der Waals surface area contributed by atoms with Gasteiger partial charge in [0.15, 0.2) is 0 Å². The van der Waals surface area contributed by atoms with Crippen molar-refractivity contribution in [3.63, 3.8) is 0 Å². The van der Waals surface area contributed by atoms with Crippen molar-refractivity contribution in [2.75, 3.05) is 9.80 Å². The summed E-state index contributed by atoms with van der Waals surface area (Å²) >= 11 is 0. The summed E-state index contributed by atoms with van der Waals surface area (Å²) < 4.78 is 21.3. The average Bonchev–Trinajstić information content (AvgIpc) is 4.01. The number of aromatic nitrogens is 2. The van der Waals surface area contributed by atoms with E-state index >= 15 is 0 Å². The second-order valence-electron chi connectivity index (χ2n) is 15.2. The molecule has 270 valence electrons. The van der Waals surface area contributed by atoms with E-state index in [0.29, 0.717) is 12.1 Å². The van der Waals surface area contributed by atoms with Gasteiger partial charge >= 0.3 is 0 Å². The minimum absolute atomic E-state index is 0.492. The largest absolute Gasteiger partial charge is 0.310 e. The van der Waals surface area contributed by atoms with Gasteiger partial charge in [-0.1, -0.05) is 121 Å². The van der Waals surface area contributed by atoms with Crippen LogP contribution < -0.4 is 9.80 Å². The van der Waals surface area contributed by atoms with Gasteiger partial charge in [-0.3, -0.25) is 0 Å². The van der Waals surface area contributed by atoms with Crippen LogP contribution in [0.15, 0.2) is 206 Å². The van der Waals surface area contributed by atoms with Gasteiger partial charge in [-0.15, -0.1) is 0 Å². The maximum Gasteiger partial charge on any atom is 0.0623 e. The quantitative estimate of drug-likeness (QED) is 0.169. The predicted molar refractivity (Wildman–Crippen MR) is 245 cm³/mol. The second-order valence-corrected chi connectivity index (χ2v) is 15.2. The summed E-state index contributed by atoms with van der Waals surface area (Å²) in [5.41, 5.74) is 13.5. The monoisotopic (exact) mass is 740 g/mol. The lowest BCUT2D eigenvalue weighted by Crippen LogP contribution is -2.09. The minimum Gasteiger partial charge on any atom is -0.310 e. The molecule has 4 heteroatoms. The molecule has 0 fully saturated rings. The molecule has 4 aromatic heterocycles. The number of hydrogen-bond acceptors (Lipinski definition) is 2. The Hall–Kier alpha value is -7.82. The molecule has 9 aromatic carbocycles. The SMILES string of the molecule is [2H]c1ccc(N(c2ccccc2)c2ccc3c4cccc5c6cc7c(cc6n(c3c2)c45)c2cccc3c4ccc(N(c5ccccc5)c5ccc([2H])cc5)cc4n7c32)cc1. The molecule has 0 saturated carbocycles. The zero-order valence-electron chi connectivity index (χ0n) is 33.3. The fourth-order valence-electron chi connectivity index (χ4n) is 9.80. The highest BCUT2D eigenvalue weighted by atomic mass is 15.1. The zero-order chi connectivity index (χ0) is 39.6. The molecule has 4 heterocycles. The van der Waals surface area contributed by atoms with Gasteiger partial charge in [-0.2, -0.15) is 0 Å². The van der Waals surface area contributed by atoms with Gasteiger partial charge < -0.3 is 18.6 Å². The van der Waals surface area contributed by atoms with E-state index in [1.165, 1.54) is 65.2 Å². The number of nitrogens with zero attached hydrogens (tertiary/aromatic N) is 4. The van der Waals surface area contributed by atoms with Gasteiger partial charge in [-0.25, -0.2) is 0 Å². The Morgan fingerprint density at radius 1 is 0.276 bits per heavy atom. The Bertz CT molecular complexity index is 3530. The van der Waals surface area contributed by atoms with E-state index in [2.05, 4.69) is 152 Å². The average molecular weight is 741 g/mol. The molecule has 0 bridgehead atoms. The van der Waals surface area contributed by atoms with Crippen molar-refractivity contribution in [1.29, 1.82) is 0 Å². The minimum atomic E-state index is 0.492. The Kier molecular flexibility index (Phi) is 6.02. The standard InChI is InChI=1S/C54H34N4/c1-5-15-35(16-6-1)55(36-17-7-2-8-18-36)39-27-29-41-43-23-13-25-45-47-34-52-48(33-51(47)57(53(43)45)49(41)31-39)46-26-14-24-44-42-30-28-40(32-50(42)58(52)54(44)46)56(37-19-9-3-10-20-37)38-21-11-4-12-22-38/h1-34H/i1D,3D. The van der Waals surface area contributed by atoms with E-state index < -0.39 is 0 Å². The highest BCUT2D eigenvalue weighted by molar-refractivity contribution is 6.29. The van der Waals surface area contributed by atoms with Crippen molar-refractivity contribution < 1.29 is 2.74 Å². The van der Waals surface area contributed by atoms with Crippen LogP contribution >= 0.6 is 0 Å². The molecule has 0 aliphatic rings. The Morgan fingerprint density at radius 2 is 0.621 bits per heavy atom. The topological polar surface area (TPSA) is 15.3 Å². The molecule has 4 nitrogen and oxygen atoms in total. The van der Waals surface area contributed by atoms with E-state index in [1.807, 2.05) is 60.7 Å². The third-order valence-electron chi connectivity index (χ3n) is 12.2. The van der Waals surface area contributed by atoms with Crippen LogP contribution in [0.2, 0.25) is 0 Å². The molecule has 58 heavy (non-hydrogen) atoms. The lowest BCUT2D eigenvalue weighted by atomic mass is 10.0. The van der Waals surface area contributed by atoms with Crippen LogP contribution in [0.5, 0.6) is 0 Å². The van der Waals surface area contributed by atoms with Gasteiger partial charge in [0.25, 0.3) is 0 Å². The van der Waals surface area contributed by atoms with Crippen LogP contribution in [0.3, 0.4) is 0 Å². The molecule has 0 spiro atoms. The zero-order valence-corrected chi connectivity index (χ0v) is 31.3. The van der Waals surface area contributed by atoms with Crippen LogP contribution in [0.4, 0.5) is 34.1 Å². The van der Waals surface area contributed by atoms with Crippen LogP contribution in [0.25, 0.3) is 76.2 Å². The summed E-state index contributed by atoms with van der Waals surface area (Å²) in [6.07, 6.45) is 0. The molecule has 13 rings (SSSR count). The number of anilines is 6. The molecule has 13 aromatic rings. The Balaban J connectivity index is 1.07. The smallest absolute Gasteiger partial charge is 0.0623 e. The predicted octanol–water partition coefficient (Wildman–Crippen LogP) is 14.9. The number of hydrogen-bond donors (Lipinski definition) is 0. The summed E-state index contributed by atoms with van der Waals surface area (Å²) in [5.74, 6) is 0. The maximum atomic E-state index is 8.17. The van der Waals surface area contributed by atoms with Crippen molar-refractivity contribution in [3.8, 4) is 0 Å². The normalized spacial score (nSPS) is 12.6. The van der Waals surface area contributed by atoms with E-state index in [9.17, 15) is 0 Å². The van der Waals surface area contributed by atoms with Crippen molar-refractivity contribution in [3.05, 3.63) is 206 Å². The van der Waals surface area contributed by atoms with Gasteiger partial charge in [-0.05, 0) is 84.9 Å². The molecular weight excluding hydrogens is 705 g/mol. The van der Waals surface area contributed by atoms with Crippen molar-refractivity contribution >= 4 is 110 Å². The summed E-state index contributed by atoms with van der Waals surface area (Å²) in [4.78, 5) is 4.56. The fraction of sp³-hybridized carbons (Fsp3) is 0. The van der Waals surface area contributed by atoms with Gasteiger partial charge in [0, 0.05) is 77.2 Å². The van der Waals surface area contributed by atoms with Crippen LogP contribution in [-0.4, -0.2) is 8.80 Å². The summed E-state index contributed by atoms with van der Waals surface area (Å²) in [6, 6.07) is 69.5. The number of rotatable bonds is 6. The summed E-state index contributed by atoms with van der Waals surface area (Å²) in [5, 5.41) is 9.88. The van der Waals surface area contributed by atoms with Crippen molar-refractivity contribution in [2.45, 2.75) is 0 Å². The number of fused-ring (bicyclic) bond motifs is 12. The molecule has 0 unspecified atom stereocenters. The summed E-state index contributed by atoms with van der Waals surface area (Å²) in [6.45, 7) is 0. The molecule has 0 radical (unpaired) electrons. The first kappa shape index (κ1) is 29.5.